The Morgan fingerprint density at radius 2 is 1.72 bits per heavy atom. The maximum Gasteiger partial charge on any atom is 0.355 e. The summed E-state index contributed by atoms with van der Waals surface area (Å²) < 4.78 is 71.8. The highest BCUT2D eigenvalue weighted by molar-refractivity contribution is 7.90. The molecule has 242 valence electrons. The third-order valence-electron chi connectivity index (χ3n) is 8.06. The second-order valence-corrected chi connectivity index (χ2v) is 13.7. The number of hydrogen-bond acceptors (Lipinski definition) is 8. The minimum Gasteiger partial charge on any atom is -0.507 e. The second kappa shape index (κ2) is 11.9. The summed E-state index contributed by atoms with van der Waals surface area (Å²) >= 11 is 0. The van der Waals surface area contributed by atoms with Gasteiger partial charge < -0.3 is 14.9 Å². The van der Waals surface area contributed by atoms with Crippen LogP contribution in [-0.4, -0.2) is 70.3 Å². The molecule has 5 rings (SSSR count). The van der Waals surface area contributed by atoms with E-state index in [1.807, 2.05) is 0 Å². The van der Waals surface area contributed by atoms with E-state index in [9.17, 15) is 27.5 Å². The first-order valence-corrected chi connectivity index (χ1v) is 16.3. The normalized spacial score (nSPS) is 17.2. The lowest BCUT2D eigenvalue weighted by atomic mass is 10.0. The standard InChI is InChI=1S/C32H32F3N5O5S/c1-16(2)20-9-7-12-25(46(6,44)45)28(20)40-30-21(13-23(35)27(36-30)26-22(34)10-8-11-24(26)41)29(37-32(40)43)38-14-18(4)39(15-17(38)3)31(42)19(5)33/h7-13,16-18,41H,5,14-15H2,1-4,6H3/t17-,18+/m0/s1. The SMILES string of the molecule is C=C(F)C(=O)N1C[C@H](C)N(c2nc(=O)n(-c3c(C(C)C)cccc3S(C)(=O)=O)c3nc(-c4c(O)cccc4F)c(F)cc23)C[C@H]1C. The number of para-hydroxylation sites is 1. The van der Waals surface area contributed by atoms with Gasteiger partial charge in [-0.05, 0) is 49.6 Å². The van der Waals surface area contributed by atoms with Crippen LogP contribution in [-0.2, 0) is 14.6 Å². The van der Waals surface area contributed by atoms with Crippen molar-refractivity contribution in [3.8, 4) is 22.7 Å². The second-order valence-electron chi connectivity index (χ2n) is 11.7. The number of phenols is 1. The zero-order chi connectivity index (χ0) is 33.8. The predicted octanol–water partition coefficient (Wildman–Crippen LogP) is 4.87. The van der Waals surface area contributed by atoms with Crippen LogP contribution in [0.25, 0.3) is 28.0 Å². The number of carbonyl (C=O) groups excluding carboxylic acids is 1. The number of rotatable bonds is 6. The van der Waals surface area contributed by atoms with Crippen LogP contribution in [0.15, 0.2) is 64.6 Å². The molecule has 1 aliphatic rings. The number of benzene rings is 2. The smallest absolute Gasteiger partial charge is 0.355 e. The Labute approximate surface area is 263 Å². The van der Waals surface area contributed by atoms with Crippen LogP contribution in [0.4, 0.5) is 19.0 Å². The maximum absolute atomic E-state index is 16.0. The van der Waals surface area contributed by atoms with Gasteiger partial charge in [-0.2, -0.15) is 4.98 Å². The highest BCUT2D eigenvalue weighted by atomic mass is 32.2. The van der Waals surface area contributed by atoms with Crippen LogP contribution in [0.1, 0.15) is 39.2 Å². The highest BCUT2D eigenvalue weighted by Crippen LogP contribution is 2.38. The van der Waals surface area contributed by atoms with E-state index in [2.05, 4.69) is 16.5 Å². The molecule has 1 aliphatic heterocycles. The van der Waals surface area contributed by atoms with Crippen molar-refractivity contribution >= 4 is 32.6 Å². The Morgan fingerprint density at radius 3 is 2.33 bits per heavy atom. The monoisotopic (exact) mass is 655 g/mol. The Morgan fingerprint density at radius 1 is 1.04 bits per heavy atom. The molecule has 2 aromatic heterocycles. The minimum atomic E-state index is -3.95. The Kier molecular flexibility index (Phi) is 8.45. The summed E-state index contributed by atoms with van der Waals surface area (Å²) in [6.07, 6.45) is 0.983. The number of phenolic OH excluding ortho intramolecular Hbond substituents is 1. The first-order valence-electron chi connectivity index (χ1n) is 14.4. The summed E-state index contributed by atoms with van der Waals surface area (Å²) in [4.78, 5) is 38.0. The number of sulfone groups is 1. The quantitative estimate of drug-likeness (QED) is 0.292. The molecule has 0 unspecified atom stereocenters. The molecule has 14 heteroatoms. The van der Waals surface area contributed by atoms with Crippen molar-refractivity contribution < 1.29 is 31.5 Å². The molecular formula is C32H32F3N5O5S. The topological polar surface area (TPSA) is 126 Å². The van der Waals surface area contributed by atoms with E-state index in [0.29, 0.717) is 5.56 Å². The summed E-state index contributed by atoms with van der Waals surface area (Å²) in [6.45, 7) is 10.1. The molecule has 1 N–H and O–H groups in total. The Balaban J connectivity index is 1.89. The molecule has 2 atom stereocenters. The highest BCUT2D eigenvalue weighted by Gasteiger charge is 2.36. The number of aromatic hydroxyl groups is 1. The van der Waals surface area contributed by atoms with Gasteiger partial charge in [0.2, 0.25) is 0 Å². The van der Waals surface area contributed by atoms with Gasteiger partial charge in [-0.25, -0.2) is 35.9 Å². The molecule has 0 bridgehead atoms. The molecule has 0 spiro atoms. The molecule has 1 saturated heterocycles. The lowest BCUT2D eigenvalue weighted by Crippen LogP contribution is -2.58. The average molecular weight is 656 g/mol. The van der Waals surface area contributed by atoms with Gasteiger partial charge in [0, 0.05) is 31.4 Å². The molecule has 0 aliphatic carbocycles. The maximum atomic E-state index is 16.0. The van der Waals surface area contributed by atoms with E-state index in [1.54, 1.807) is 38.7 Å². The Hall–Kier alpha value is -4.72. The van der Waals surface area contributed by atoms with Gasteiger partial charge in [0.15, 0.2) is 27.1 Å². The van der Waals surface area contributed by atoms with Crippen molar-refractivity contribution in [1.82, 2.24) is 19.4 Å². The fourth-order valence-corrected chi connectivity index (χ4v) is 6.74. The van der Waals surface area contributed by atoms with Crippen LogP contribution >= 0.6 is 0 Å². The molecular weight excluding hydrogens is 623 g/mol. The summed E-state index contributed by atoms with van der Waals surface area (Å²) in [5.74, 6) is -4.97. The lowest BCUT2D eigenvalue weighted by Gasteiger charge is -2.44. The number of anilines is 1. The third-order valence-corrected chi connectivity index (χ3v) is 9.18. The number of nitrogens with zero attached hydrogens (tertiary/aromatic N) is 5. The summed E-state index contributed by atoms with van der Waals surface area (Å²) in [5, 5.41) is 10.5. The van der Waals surface area contributed by atoms with Crippen molar-refractivity contribution in [3.63, 3.8) is 0 Å². The van der Waals surface area contributed by atoms with Crippen LogP contribution in [0, 0.1) is 11.6 Å². The van der Waals surface area contributed by atoms with E-state index in [0.717, 1.165) is 29.0 Å². The largest absolute Gasteiger partial charge is 0.507 e. The molecule has 3 heterocycles. The van der Waals surface area contributed by atoms with Gasteiger partial charge in [0.05, 0.1) is 21.5 Å². The first kappa shape index (κ1) is 32.7. The van der Waals surface area contributed by atoms with Gasteiger partial charge in [-0.1, -0.05) is 38.6 Å². The summed E-state index contributed by atoms with van der Waals surface area (Å²) in [6, 6.07) is 7.76. The fourth-order valence-electron chi connectivity index (χ4n) is 5.85. The molecule has 2 aromatic carbocycles. The molecule has 46 heavy (non-hydrogen) atoms. The van der Waals surface area contributed by atoms with Gasteiger partial charge in [-0.15, -0.1) is 0 Å². The number of fused-ring (bicyclic) bond motifs is 1. The summed E-state index contributed by atoms with van der Waals surface area (Å²) in [5.41, 5.74) is -1.98. The van der Waals surface area contributed by atoms with Crippen LogP contribution in [0.2, 0.25) is 0 Å². The minimum absolute atomic E-state index is 0.0146. The number of pyridine rings is 1. The molecule has 4 aromatic rings. The number of piperazine rings is 1. The number of aromatic nitrogens is 3. The van der Waals surface area contributed by atoms with Crippen molar-refractivity contribution in [2.24, 2.45) is 0 Å². The first-order chi connectivity index (χ1) is 21.5. The molecule has 0 saturated carbocycles. The predicted molar refractivity (Wildman–Crippen MR) is 168 cm³/mol. The zero-order valence-corrected chi connectivity index (χ0v) is 26.6. The zero-order valence-electron chi connectivity index (χ0n) is 25.8. The summed E-state index contributed by atoms with van der Waals surface area (Å²) in [7, 11) is -3.95. The van der Waals surface area contributed by atoms with Crippen molar-refractivity contribution in [2.45, 2.75) is 50.6 Å². The molecule has 10 nitrogen and oxygen atoms in total. The van der Waals surface area contributed by atoms with E-state index >= 15 is 8.78 Å². The van der Waals surface area contributed by atoms with Crippen LogP contribution < -0.4 is 10.6 Å². The fraction of sp³-hybridized carbons (Fsp3) is 0.312. The third kappa shape index (κ3) is 5.61. The lowest BCUT2D eigenvalue weighted by molar-refractivity contribution is -0.131. The van der Waals surface area contributed by atoms with Crippen LogP contribution in [0.3, 0.4) is 0 Å². The van der Waals surface area contributed by atoms with E-state index in [-0.39, 0.29) is 46.4 Å². The molecule has 1 amide bonds. The van der Waals surface area contributed by atoms with E-state index < -0.39 is 68.0 Å². The van der Waals surface area contributed by atoms with Crippen molar-refractivity contribution in [3.05, 3.63) is 82.6 Å². The van der Waals surface area contributed by atoms with Gasteiger partial charge >= 0.3 is 5.69 Å². The molecule has 0 radical (unpaired) electrons. The van der Waals surface area contributed by atoms with Gasteiger partial charge in [0.25, 0.3) is 5.91 Å². The van der Waals surface area contributed by atoms with Gasteiger partial charge in [0.1, 0.15) is 23.1 Å². The van der Waals surface area contributed by atoms with Crippen molar-refractivity contribution in [1.29, 1.82) is 0 Å². The average Bonchev–Trinajstić information content (AvgIpc) is 2.97. The Bertz CT molecular complexity index is 2060. The molecule has 1 fully saturated rings. The number of hydrogen-bond donors (Lipinski definition) is 1. The number of halogens is 3. The van der Waals surface area contributed by atoms with E-state index in [4.69, 9.17) is 0 Å². The van der Waals surface area contributed by atoms with Crippen LogP contribution in [0.5, 0.6) is 5.75 Å². The number of amides is 1. The van der Waals surface area contributed by atoms with Gasteiger partial charge in [-0.3, -0.25) is 4.79 Å². The number of carbonyl (C=O) groups is 1. The van der Waals surface area contributed by atoms with Crippen molar-refractivity contribution in [2.75, 3.05) is 24.2 Å². The van der Waals surface area contributed by atoms with E-state index in [1.165, 1.54) is 23.1 Å².